The molecule has 1 rings (SSSR count). The van der Waals surface area contributed by atoms with Gasteiger partial charge in [-0.3, -0.25) is 0 Å². The normalized spacial score (nSPS) is 64.0. The van der Waals surface area contributed by atoms with Crippen molar-refractivity contribution in [1.82, 2.24) is 5.32 Å². The largest absolute Gasteiger partial charge is 0.316 e. The standard InChI is InChI=1S/C8H18NP/c1-9-7-10(2)8-5-3-4-6-8/h8-9H,3-7H2,1-2H3/i3D,4D,5D,6D. The lowest BCUT2D eigenvalue weighted by atomic mass is 10.4. The van der Waals surface area contributed by atoms with Crippen LogP contribution in [0.4, 0.5) is 0 Å². The molecule has 10 heavy (non-hydrogen) atoms. The average molecular weight is 163 g/mol. The van der Waals surface area contributed by atoms with Crippen LogP contribution in [0.25, 0.3) is 0 Å². The van der Waals surface area contributed by atoms with Crippen molar-refractivity contribution in [3.05, 3.63) is 0 Å². The van der Waals surface area contributed by atoms with Gasteiger partial charge in [0.1, 0.15) is 0 Å². The molecule has 0 saturated heterocycles. The predicted octanol–water partition coefficient (Wildman–Crippen LogP) is 2.22. The van der Waals surface area contributed by atoms with Crippen molar-refractivity contribution in [2.75, 3.05) is 20.0 Å². The summed E-state index contributed by atoms with van der Waals surface area (Å²) in [5.41, 5.74) is -0.0672. The molecule has 1 nitrogen and oxygen atoms in total. The molecule has 1 aliphatic carbocycles. The van der Waals surface area contributed by atoms with Crippen molar-refractivity contribution < 1.29 is 5.48 Å². The van der Waals surface area contributed by atoms with Gasteiger partial charge in [0.05, 0.1) is 0 Å². The van der Waals surface area contributed by atoms with E-state index in [0.717, 1.165) is 6.29 Å². The lowest BCUT2D eigenvalue weighted by molar-refractivity contribution is 0.872. The van der Waals surface area contributed by atoms with Crippen molar-refractivity contribution in [3.8, 4) is 0 Å². The number of hydrogen-bond donors (Lipinski definition) is 1. The lowest BCUT2D eigenvalue weighted by Gasteiger charge is -2.18. The predicted molar refractivity (Wildman–Crippen MR) is 49.0 cm³/mol. The average Bonchev–Trinajstić information content (AvgIpc) is 2.32. The van der Waals surface area contributed by atoms with Gasteiger partial charge in [0.15, 0.2) is 0 Å². The molecule has 60 valence electrons. The van der Waals surface area contributed by atoms with Gasteiger partial charge in [-0.25, -0.2) is 0 Å². The first-order valence-corrected chi connectivity index (χ1v) is 5.59. The Balaban J connectivity index is 2.68. The van der Waals surface area contributed by atoms with Gasteiger partial charge < -0.3 is 5.32 Å². The molecule has 0 amide bonds. The summed E-state index contributed by atoms with van der Waals surface area (Å²) in [6.45, 7) is 2.06. The molecule has 0 aromatic carbocycles. The second-order valence-corrected chi connectivity index (χ2v) is 4.96. The first kappa shape index (κ1) is 4.42. The van der Waals surface area contributed by atoms with Crippen LogP contribution in [0.5, 0.6) is 0 Å². The van der Waals surface area contributed by atoms with Gasteiger partial charge in [0, 0.05) is 11.8 Å². The number of rotatable bonds is 3. The van der Waals surface area contributed by atoms with Crippen LogP contribution in [-0.2, 0) is 0 Å². The fourth-order valence-electron chi connectivity index (χ4n) is 1.07. The maximum Gasteiger partial charge on any atom is 0.0273 e. The topological polar surface area (TPSA) is 12.0 Å². The van der Waals surface area contributed by atoms with Crippen molar-refractivity contribution in [3.63, 3.8) is 0 Å². The molecule has 0 aliphatic heterocycles. The summed E-state index contributed by atoms with van der Waals surface area (Å²) in [5.74, 6) is 0. The zero-order valence-corrected chi connectivity index (χ0v) is 7.44. The molecule has 0 heterocycles. The van der Waals surface area contributed by atoms with Crippen molar-refractivity contribution in [2.24, 2.45) is 0 Å². The van der Waals surface area contributed by atoms with Gasteiger partial charge in [-0.15, -0.1) is 0 Å². The molecule has 5 unspecified atom stereocenters. The monoisotopic (exact) mass is 163 g/mol. The lowest BCUT2D eigenvalue weighted by Crippen LogP contribution is -2.11. The van der Waals surface area contributed by atoms with E-state index in [9.17, 15) is 0 Å². The number of nitrogens with one attached hydrogen (secondary N) is 1. The summed E-state index contributed by atoms with van der Waals surface area (Å²) < 4.78 is 30.9. The van der Waals surface area contributed by atoms with E-state index in [1.807, 2.05) is 7.05 Å². The Morgan fingerprint density at radius 3 is 2.70 bits per heavy atom. The van der Waals surface area contributed by atoms with E-state index in [2.05, 4.69) is 12.0 Å². The smallest absolute Gasteiger partial charge is 0.0273 e. The molecule has 1 saturated carbocycles. The van der Waals surface area contributed by atoms with Crippen LogP contribution in [0.2, 0.25) is 0 Å². The Morgan fingerprint density at radius 2 is 2.20 bits per heavy atom. The first-order chi connectivity index (χ1) is 6.50. The van der Waals surface area contributed by atoms with Crippen LogP contribution in [0.1, 0.15) is 31.1 Å². The fourth-order valence-corrected chi connectivity index (χ4v) is 2.56. The third-order valence-electron chi connectivity index (χ3n) is 1.64. The zero-order valence-electron chi connectivity index (χ0n) is 10.5. The molecule has 5 atom stereocenters. The minimum Gasteiger partial charge on any atom is -0.316 e. The Labute approximate surface area is 71.0 Å². The molecule has 1 aliphatic rings. The Hall–Kier alpha value is 0.390. The third-order valence-corrected chi connectivity index (χ3v) is 3.82. The van der Waals surface area contributed by atoms with E-state index in [1.165, 1.54) is 0 Å². The molecular formula is C8H18NP. The second kappa shape index (κ2) is 4.31. The van der Waals surface area contributed by atoms with Gasteiger partial charge >= 0.3 is 0 Å². The highest BCUT2D eigenvalue weighted by atomic mass is 31.1. The molecular weight excluding hydrogens is 141 g/mol. The maximum absolute atomic E-state index is 7.83. The Bertz CT molecular complexity index is 180. The summed E-state index contributed by atoms with van der Waals surface area (Å²) in [7, 11) is 1.42. The fraction of sp³-hybridized carbons (Fsp3) is 1.00. The summed E-state index contributed by atoms with van der Waals surface area (Å²) in [6, 6.07) is 0. The summed E-state index contributed by atoms with van der Waals surface area (Å²) >= 11 is 0. The van der Waals surface area contributed by atoms with E-state index in [0.29, 0.717) is 0 Å². The van der Waals surface area contributed by atoms with Crippen molar-refractivity contribution >= 4 is 7.92 Å². The molecule has 0 aromatic heterocycles. The summed E-state index contributed by atoms with van der Waals surface area (Å²) in [4.78, 5) is 0. The highest BCUT2D eigenvalue weighted by molar-refractivity contribution is 7.57. The van der Waals surface area contributed by atoms with Gasteiger partial charge in [-0.05, 0) is 32.2 Å². The van der Waals surface area contributed by atoms with Crippen LogP contribution in [0.3, 0.4) is 0 Å². The zero-order chi connectivity index (χ0) is 10.9. The minimum atomic E-state index is -0.690. The minimum absolute atomic E-state index is 0.0672. The molecule has 0 spiro atoms. The number of hydrogen-bond acceptors (Lipinski definition) is 1. The molecule has 0 radical (unpaired) electrons. The van der Waals surface area contributed by atoms with Crippen LogP contribution in [0.15, 0.2) is 0 Å². The van der Waals surface area contributed by atoms with E-state index in [4.69, 9.17) is 5.48 Å². The Kier molecular flexibility index (Phi) is 1.90. The summed E-state index contributed by atoms with van der Waals surface area (Å²) in [6.07, 6.45) is -1.63. The van der Waals surface area contributed by atoms with Crippen molar-refractivity contribution in [2.45, 2.75) is 31.2 Å². The SMILES string of the molecule is [2H]C1C([2H])C([2H])C(P(C)CNC)C1[2H]. The summed E-state index contributed by atoms with van der Waals surface area (Å²) in [5, 5.41) is 3.05. The van der Waals surface area contributed by atoms with Gasteiger partial charge in [-0.1, -0.05) is 20.7 Å². The van der Waals surface area contributed by atoms with E-state index < -0.39 is 33.5 Å². The van der Waals surface area contributed by atoms with Gasteiger partial charge in [0.2, 0.25) is 0 Å². The van der Waals surface area contributed by atoms with E-state index in [1.54, 1.807) is 0 Å². The first-order valence-electron chi connectivity index (χ1n) is 5.85. The van der Waals surface area contributed by atoms with Crippen molar-refractivity contribution in [1.29, 1.82) is 0 Å². The maximum atomic E-state index is 7.83. The second-order valence-electron chi connectivity index (χ2n) is 2.53. The van der Waals surface area contributed by atoms with Gasteiger partial charge in [0.25, 0.3) is 0 Å². The highest BCUT2D eigenvalue weighted by Crippen LogP contribution is 2.44. The van der Waals surface area contributed by atoms with Crippen LogP contribution in [0, 0.1) is 0 Å². The third kappa shape index (κ3) is 2.21. The molecule has 0 bridgehead atoms. The quantitative estimate of drug-likeness (QED) is 0.629. The Morgan fingerprint density at radius 1 is 1.60 bits per heavy atom. The van der Waals surface area contributed by atoms with E-state index >= 15 is 0 Å². The van der Waals surface area contributed by atoms with Crippen LogP contribution < -0.4 is 5.32 Å². The molecule has 1 fully saturated rings. The van der Waals surface area contributed by atoms with Crippen LogP contribution in [-0.4, -0.2) is 25.7 Å². The molecule has 2 heteroatoms. The molecule has 1 N–H and O–H groups in total. The molecule has 0 aromatic rings. The highest BCUT2D eigenvalue weighted by Gasteiger charge is 2.19. The van der Waals surface area contributed by atoms with Gasteiger partial charge in [-0.2, -0.15) is 0 Å². The van der Waals surface area contributed by atoms with E-state index in [-0.39, 0.29) is 5.66 Å². The van der Waals surface area contributed by atoms with Crippen LogP contribution >= 0.6 is 7.92 Å².